The van der Waals surface area contributed by atoms with Crippen LogP contribution in [0.25, 0.3) is 0 Å². The number of carboxylic acid groups (broad SMARTS) is 1. The Morgan fingerprint density at radius 1 is 1.29 bits per heavy atom. The topological polar surface area (TPSA) is 65.0 Å². The molecule has 6 nitrogen and oxygen atoms in total. The van der Waals surface area contributed by atoms with Gasteiger partial charge in [0, 0.05) is 38.3 Å². The van der Waals surface area contributed by atoms with Crippen LogP contribution in [0.5, 0.6) is 0 Å². The van der Waals surface area contributed by atoms with Crippen molar-refractivity contribution in [3.63, 3.8) is 0 Å². The van der Waals surface area contributed by atoms with E-state index >= 15 is 0 Å². The van der Waals surface area contributed by atoms with Gasteiger partial charge in [0.25, 0.3) is 0 Å². The molecule has 0 aromatic rings. The van der Waals surface area contributed by atoms with Crippen LogP contribution in [0.15, 0.2) is 0 Å². The van der Waals surface area contributed by atoms with Crippen LogP contribution in [-0.2, 0) is 9.53 Å². The van der Waals surface area contributed by atoms with Crippen molar-refractivity contribution in [2.75, 3.05) is 45.9 Å². The highest BCUT2D eigenvalue weighted by molar-refractivity contribution is 5.78. The number of nitrogens with one attached hydrogen (secondary N) is 1. The normalized spacial score (nSPS) is 31.2. The zero-order valence-electron chi connectivity index (χ0n) is 12.9. The predicted octanol–water partition coefficient (Wildman–Crippen LogP) is -0.0118. The molecule has 3 fully saturated rings. The molecule has 2 atom stereocenters. The summed E-state index contributed by atoms with van der Waals surface area (Å²) >= 11 is 0. The first-order valence-corrected chi connectivity index (χ1v) is 8.12. The standard InChI is InChI=1S/C15H27N3O3/c1-15(14(19)20,16-12-2-3-12)11-17-5-4-13(10-17)18-6-8-21-9-7-18/h12-13,16H,2-11H2,1H3,(H,19,20). The third kappa shape index (κ3) is 3.74. The maximum absolute atomic E-state index is 11.6. The summed E-state index contributed by atoms with van der Waals surface area (Å²) in [5.41, 5.74) is -0.818. The minimum absolute atomic E-state index is 0.406. The Morgan fingerprint density at radius 2 is 2.00 bits per heavy atom. The van der Waals surface area contributed by atoms with Gasteiger partial charge in [-0.05, 0) is 32.7 Å². The summed E-state index contributed by atoms with van der Waals surface area (Å²) in [6.45, 7) is 8.07. The van der Waals surface area contributed by atoms with Crippen LogP contribution in [0.1, 0.15) is 26.2 Å². The molecule has 1 aliphatic carbocycles. The van der Waals surface area contributed by atoms with E-state index < -0.39 is 11.5 Å². The Morgan fingerprint density at radius 3 is 2.62 bits per heavy atom. The fourth-order valence-corrected chi connectivity index (χ4v) is 3.50. The second-order valence-corrected chi connectivity index (χ2v) is 6.88. The maximum Gasteiger partial charge on any atom is 0.324 e. The van der Waals surface area contributed by atoms with Crippen LogP contribution >= 0.6 is 0 Å². The Labute approximate surface area is 126 Å². The third-order valence-corrected chi connectivity index (χ3v) is 4.92. The molecule has 6 heteroatoms. The molecule has 2 N–H and O–H groups in total. The number of aliphatic carboxylic acids is 1. The summed E-state index contributed by atoms with van der Waals surface area (Å²) in [6, 6.07) is 0.969. The second-order valence-electron chi connectivity index (χ2n) is 6.88. The number of morpholine rings is 1. The molecule has 2 unspecified atom stereocenters. The lowest BCUT2D eigenvalue weighted by Crippen LogP contribution is -2.57. The van der Waals surface area contributed by atoms with Crippen LogP contribution in [0.4, 0.5) is 0 Å². The van der Waals surface area contributed by atoms with Gasteiger partial charge >= 0.3 is 5.97 Å². The van der Waals surface area contributed by atoms with E-state index in [0.717, 1.165) is 58.7 Å². The van der Waals surface area contributed by atoms with Crippen LogP contribution in [0, 0.1) is 0 Å². The van der Waals surface area contributed by atoms with Gasteiger partial charge < -0.3 is 9.84 Å². The summed E-state index contributed by atoms with van der Waals surface area (Å²) in [5, 5.41) is 12.9. The molecule has 0 radical (unpaired) electrons. The summed E-state index contributed by atoms with van der Waals surface area (Å²) in [4.78, 5) is 16.4. The Balaban J connectivity index is 1.53. The molecule has 120 valence electrons. The van der Waals surface area contributed by atoms with Crippen molar-refractivity contribution >= 4 is 5.97 Å². The Hall–Kier alpha value is -0.690. The third-order valence-electron chi connectivity index (χ3n) is 4.92. The Bertz CT molecular complexity index is 382. The molecule has 3 rings (SSSR count). The van der Waals surface area contributed by atoms with Crippen LogP contribution < -0.4 is 5.32 Å². The molecule has 3 aliphatic rings. The molecule has 1 saturated carbocycles. The van der Waals surface area contributed by atoms with Crippen molar-refractivity contribution < 1.29 is 14.6 Å². The van der Waals surface area contributed by atoms with Gasteiger partial charge in [0.05, 0.1) is 13.2 Å². The van der Waals surface area contributed by atoms with E-state index in [-0.39, 0.29) is 0 Å². The average Bonchev–Trinajstić information content (AvgIpc) is 3.15. The summed E-state index contributed by atoms with van der Waals surface area (Å²) in [5.74, 6) is -0.732. The first kappa shape index (κ1) is 15.2. The van der Waals surface area contributed by atoms with E-state index in [1.54, 1.807) is 0 Å². The number of hydrogen-bond acceptors (Lipinski definition) is 5. The first-order valence-electron chi connectivity index (χ1n) is 8.12. The Kier molecular flexibility index (Phi) is 4.49. The smallest absolute Gasteiger partial charge is 0.324 e. The van der Waals surface area contributed by atoms with Gasteiger partial charge in [-0.3, -0.25) is 19.9 Å². The highest BCUT2D eigenvalue weighted by Gasteiger charge is 2.41. The maximum atomic E-state index is 11.6. The number of carbonyl (C=O) groups is 1. The molecule has 2 aliphatic heterocycles. The highest BCUT2D eigenvalue weighted by Crippen LogP contribution is 2.25. The van der Waals surface area contributed by atoms with Gasteiger partial charge in [0.1, 0.15) is 5.54 Å². The van der Waals surface area contributed by atoms with Crippen molar-refractivity contribution in [1.82, 2.24) is 15.1 Å². The zero-order valence-corrected chi connectivity index (χ0v) is 12.9. The zero-order chi connectivity index (χ0) is 14.9. The van der Waals surface area contributed by atoms with E-state index in [1.807, 2.05) is 6.92 Å². The van der Waals surface area contributed by atoms with E-state index in [2.05, 4.69) is 15.1 Å². The molecule has 0 spiro atoms. The second kappa shape index (κ2) is 6.20. The van der Waals surface area contributed by atoms with E-state index in [9.17, 15) is 9.90 Å². The van der Waals surface area contributed by atoms with E-state index in [1.165, 1.54) is 0 Å². The number of rotatable bonds is 6. The lowest BCUT2D eigenvalue weighted by molar-refractivity contribution is -0.145. The lowest BCUT2D eigenvalue weighted by Gasteiger charge is -2.34. The lowest BCUT2D eigenvalue weighted by atomic mass is 10.0. The molecule has 2 heterocycles. The molecule has 0 bridgehead atoms. The van der Waals surface area contributed by atoms with E-state index in [0.29, 0.717) is 18.6 Å². The van der Waals surface area contributed by atoms with Gasteiger partial charge in [-0.1, -0.05) is 0 Å². The molecule has 0 amide bonds. The van der Waals surface area contributed by atoms with Crippen LogP contribution in [-0.4, -0.2) is 84.4 Å². The largest absolute Gasteiger partial charge is 0.480 e. The number of likely N-dealkylation sites (tertiary alicyclic amines) is 1. The van der Waals surface area contributed by atoms with Crippen LogP contribution in [0.3, 0.4) is 0 Å². The fourth-order valence-electron chi connectivity index (χ4n) is 3.50. The van der Waals surface area contributed by atoms with E-state index in [4.69, 9.17) is 4.74 Å². The molecule has 21 heavy (non-hydrogen) atoms. The molecule has 0 aromatic heterocycles. The summed E-state index contributed by atoms with van der Waals surface area (Å²) in [6.07, 6.45) is 3.36. The van der Waals surface area contributed by atoms with Crippen LogP contribution in [0.2, 0.25) is 0 Å². The van der Waals surface area contributed by atoms with Crippen molar-refractivity contribution in [3.8, 4) is 0 Å². The molecule has 0 aromatic carbocycles. The van der Waals surface area contributed by atoms with Crippen molar-refractivity contribution in [3.05, 3.63) is 0 Å². The van der Waals surface area contributed by atoms with Gasteiger partial charge in [0.15, 0.2) is 0 Å². The van der Waals surface area contributed by atoms with Gasteiger partial charge in [-0.15, -0.1) is 0 Å². The van der Waals surface area contributed by atoms with Gasteiger partial charge in [0.2, 0.25) is 0 Å². The van der Waals surface area contributed by atoms with Crippen molar-refractivity contribution in [2.24, 2.45) is 0 Å². The molecular formula is C15H27N3O3. The summed E-state index contributed by atoms with van der Waals surface area (Å²) < 4.78 is 5.41. The highest BCUT2D eigenvalue weighted by atomic mass is 16.5. The van der Waals surface area contributed by atoms with Gasteiger partial charge in [-0.2, -0.15) is 0 Å². The quantitative estimate of drug-likeness (QED) is 0.719. The average molecular weight is 297 g/mol. The molecule has 2 saturated heterocycles. The first-order chi connectivity index (χ1) is 10.1. The number of ether oxygens (including phenoxy) is 1. The predicted molar refractivity (Wildman–Crippen MR) is 79.4 cm³/mol. The minimum Gasteiger partial charge on any atom is -0.480 e. The summed E-state index contributed by atoms with van der Waals surface area (Å²) in [7, 11) is 0. The number of carboxylic acids is 1. The van der Waals surface area contributed by atoms with Gasteiger partial charge in [-0.25, -0.2) is 0 Å². The van der Waals surface area contributed by atoms with Crippen molar-refractivity contribution in [2.45, 2.75) is 43.8 Å². The molecular weight excluding hydrogens is 270 g/mol. The number of nitrogens with zero attached hydrogens (tertiary/aromatic N) is 2. The monoisotopic (exact) mass is 297 g/mol. The SMILES string of the molecule is CC(CN1CCC(N2CCOCC2)C1)(NC1CC1)C(=O)O. The number of hydrogen-bond donors (Lipinski definition) is 2. The van der Waals surface area contributed by atoms with Crippen molar-refractivity contribution in [1.29, 1.82) is 0 Å². The fraction of sp³-hybridized carbons (Fsp3) is 0.933. The minimum atomic E-state index is -0.818.